The van der Waals surface area contributed by atoms with Crippen molar-refractivity contribution in [2.24, 2.45) is 0 Å². The summed E-state index contributed by atoms with van der Waals surface area (Å²) in [4.78, 5) is 11.2. The largest absolute Gasteiger partial charge is 0.495 e. The van der Waals surface area contributed by atoms with Crippen molar-refractivity contribution < 1.29 is 14.9 Å². The van der Waals surface area contributed by atoms with E-state index in [9.17, 15) is 10.2 Å². The maximum atomic E-state index is 9.71. The van der Waals surface area contributed by atoms with Gasteiger partial charge in [-0.15, -0.1) is 6.58 Å². The lowest BCUT2D eigenvalue weighted by atomic mass is 10.0. The minimum atomic E-state index is -0.279. The van der Waals surface area contributed by atoms with E-state index in [0.29, 0.717) is 29.1 Å². The van der Waals surface area contributed by atoms with Crippen LogP contribution in [0.4, 0.5) is 11.8 Å². The normalized spacial score (nSPS) is 17.2. The van der Waals surface area contributed by atoms with Gasteiger partial charge in [0.15, 0.2) is 0 Å². The average Bonchev–Trinajstić information content (AvgIpc) is 3.22. The smallest absolute Gasteiger partial charge is 0.227 e. The molecular formula is C21H27ClN4O3. The molecule has 0 radical (unpaired) electrons. The maximum Gasteiger partial charge on any atom is 0.227 e. The number of nitrogens with zero attached hydrogens (tertiary/aromatic N) is 3. The number of hydrogen-bond donors (Lipinski definition) is 3. The Labute approximate surface area is 176 Å². The van der Waals surface area contributed by atoms with Crippen LogP contribution in [0, 0.1) is 0 Å². The van der Waals surface area contributed by atoms with Crippen molar-refractivity contribution in [2.75, 3.05) is 37.1 Å². The molecule has 1 unspecified atom stereocenters. The van der Waals surface area contributed by atoms with Crippen molar-refractivity contribution in [3.05, 3.63) is 53.2 Å². The van der Waals surface area contributed by atoms with Crippen LogP contribution < -0.4 is 15.0 Å². The zero-order valence-corrected chi connectivity index (χ0v) is 17.3. The number of rotatable bonds is 9. The van der Waals surface area contributed by atoms with E-state index in [-0.39, 0.29) is 25.2 Å². The number of aliphatic hydroxyl groups excluding tert-OH is 2. The molecule has 1 fully saturated rings. The van der Waals surface area contributed by atoms with E-state index in [1.165, 1.54) is 0 Å². The molecule has 0 saturated carbocycles. The minimum Gasteiger partial charge on any atom is -0.495 e. The Morgan fingerprint density at radius 3 is 2.93 bits per heavy atom. The minimum absolute atomic E-state index is 0.0298. The Hall–Kier alpha value is -2.35. The molecule has 0 aliphatic carbocycles. The van der Waals surface area contributed by atoms with Gasteiger partial charge in [-0.1, -0.05) is 23.7 Å². The van der Waals surface area contributed by atoms with Crippen LogP contribution in [0.2, 0.25) is 5.02 Å². The highest BCUT2D eigenvalue weighted by molar-refractivity contribution is 6.32. The molecule has 1 aromatic heterocycles. The molecule has 0 amide bonds. The van der Waals surface area contributed by atoms with Crippen molar-refractivity contribution in [1.29, 1.82) is 0 Å². The van der Waals surface area contributed by atoms with E-state index >= 15 is 0 Å². The van der Waals surface area contributed by atoms with Gasteiger partial charge >= 0.3 is 0 Å². The monoisotopic (exact) mass is 418 g/mol. The predicted octanol–water partition coefficient (Wildman–Crippen LogP) is 2.97. The topological polar surface area (TPSA) is 90.7 Å². The van der Waals surface area contributed by atoms with E-state index in [1.807, 2.05) is 23.1 Å². The molecule has 1 saturated heterocycles. The predicted molar refractivity (Wildman–Crippen MR) is 115 cm³/mol. The lowest BCUT2D eigenvalue weighted by Gasteiger charge is -2.24. The zero-order valence-electron chi connectivity index (χ0n) is 16.5. The number of benzene rings is 1. The number of halogens is 1. The van der Waals surface area contributed by atoms with Gasteiger partial charge in [-0.3, -0.25) is 0 Å². The summed E-state index contributed by atoms with van der Waals surface area (Å²) in [5.74, 6) is 1.54. The highest BCUT2D eigenvalue weighted by Crippen LogP contribution is 2.29. The number of anilines is 2. The number of aliphatic hydroxyl groups is 2. The molecule has 0 spiro atoms. The molecule has 29 heavy (non-hydrogen) atoms. The third-order valence-corrected chi connectivity index (χ3v) is 5.50. The van der Waals surface area contributed by atoms with E-state index in [0.717, 1.165) is 30.5 Å². The quantitative estimate of drug-likeness (QED) is 0.539. The maximum absolute atomic E-state index is 9.71. The molecule has 2 atom stereocenters. The van der Waals surface area contributed by atoms with E-state index in [4.69, 9.17) is 21.3 Å². The first-order valence-corrected chi connectivity index (χ1v) is 10.0. The molecule has 7 nitrogen and oxygen atoms in total. The van der Waals surface area contributed by atoms with Crippen LogP contribution in [-0.4, -0.2) is 53.1 Å². The van der Waals surface area contributed by atoms with Crippen LogP contribution >= 0.6 is 11.6 Å². The second kappa shape index (κ2) is 9.91. The van der Waals surface area contributed by atoms with Crippen molar-refractivity contribution in [1.82, 2.24) is 9.97 Å². The van der Waals surface area contributed by atoms with Gasteiger partial charge in [0.2, 0.25) is 5.95 Å². The van der Waals surface area contributed by atoms with Gasteiger partial charge in [0.05, 0.1) is 31.4 Å². The van der Waals surface area contributed by atoms with Crippen LogP contribution in [0.1, 0.15) is 29.9 Å². The molecule has 1 aliphatic heterocycles. The first-order chi connectivity index (χ1) is 14.1. The lowest BCUT2D eigenvalue weighted by Crippen LogP contribution is -2.33. The number of aromatic nitrogens is 2. The van der Waals surface area contributed by atoms with Gasteiger partial charge in [-0.2, -0.15) is 4.98 Å². The third-order valence-electron chi connectivity index (χ3n) is 5.21. The van der Waals surface area contributed by atoms with Crippen molar-refractivity contribution >= 4 is 23.4 Å². The highest BCUT2D eigenvalue weighted by Gasteiger charge is 2.27. The molecule has 3 rings (SSSR count). The number of ether oxygens (including phenoxy) is 1. The Bertz CT molecular complexity index is 849. The summed E-state index contributed by atoms with van der Waals surface area (Å²) in [6.07, 6.45) is 5.32. The van der Waals surface area contributed by atoms with Crippen LogP contribution in [-0.2, 0) is 6.54 Å². The molecule has 3 N–H and O–H groups in total. The summed E-state index contributed by atoms with van der Waals surface area (Å²) in [6.45, 7) is 5.09. The van der Waals surface area contributed by atoms with Gasteiger partial charge in [0.1, 0.15) is 11.6 Å². The van der Waals surface area contributed by atoms with E-state index in [1.54, 1.807) is 19.4 Å². The summed E-state index contributed by atoms with van der Waals surface area (Å²) < 4.78 is 5.20. The van der Waals surface area contributed by atoms with Gasteiger partial charge in [0, 0.05) is 30.8 Å². The summed E-state index contributed by atoms with van der Waals surface area (Å²) in [5.41, 5.74) is 1.74. The zero-order chi connectivity index (χ0) is 20.8. The number of methoxy groups -OCH3 is 1. The van der Waals surface area contributed by atoms with Gasteiger partial charge in [-0.05, 0) is 30.5 Å². The molecule has 0 bridgehead atoms. The highest BCUT2D eigenvalue weighted by atomic mass is 35.5. The third kappa shape index (κ3) is 4.80. The Morgan fingerprint density at radius 2 is 2.28 bits per heavy atom. The molecule has 1 aromatic carbocycles. The van der Waals surface area contributed by atoms with Crippen LogP contribution in [0.25, 0.3) is 0 Å². The number of hydrogen-bond acceptors (Lipinski definition) is 7. The van der Waals surface area contributed by atoms with Gasteiger partial charge in [0.25, 0.3) is 0 Å². The molecular weight excluding hydrogens is 392 g/mol. The van der Waals surface area contributed by atoms with Crippen LogP contribution in [0.3, 0.4) is 0 Å². The SMILES string of the molecule is C=C[C@H](CO)c1cnc(N2CCCC2CO)nc1NCc1ccc(OC)c(Cl)c1. The van der Waals surface area contributed by atoms with Crippen molar-refractivity contribution in [3.63, 3.8) is 0 Å². The van der Waals surface area contributed by atoms with Crippen molar-refractivity contribution in [3.8, 4) is 5.75 Å². The summed E-state index contributed by atoms with van der Waals surface area (Å²) in [5, 5.41) is 23.2. The fraction of sp³-hybridized carbons (Fsp3) is 0.429. The summed E-state index contributed by atoms with van der Waals surface area (Å²) in [7, 11) is 1.58. The van der Waals surface area contributed by atoms with Crippen molar-refractivity contribution in [2.45, 2.75) is 31.3 Å². The summed E-state index contributed by atoms with van der Waals surface area (Å²) in [6, 6.07) is 5.62. The first kappa shape index (κ1) is 21.4. The second-order valence-corrected chi connectivity index (χ2v) is 7.40. The van der Waals surface area contributed by atoms with Crippen LogP contribution in [0.15, 0.2) is 37.1 Å². The summed E-state index contributed by atoms with van der Waals surface area (Å²) >= 11 is 6.23. The molecule has 8 heteroatoms. The van der Waals surface area contributed by atoms with Gasteiger partial charge in [-0.25, -0.2) is 4.98 Å². The molecule has 2 heterocycles. The van der Waals surface area contributed by atoms with E-state index < -0.39 is 0 Å². The van der Waals surface area contributed by atoms with Crippen LogP contribution in [0.5, 0.6) is 5.75 Å². The molecule has 2 aromatic rings. The Kier molecular flexibility index (Phi) is 7.30. The second-order valence-electron chi connectivity index (χ2n) is 6.99. The average molecular weight is 419 g/mol. The fourth-order valence-electron chi connectivity index (χ4n) is 3.53. The molecule has 1 aliphatic rings. The standard InChI is InChI=1S/C21H27ClN4O3/c1-3-15(12-27)17-11-24-21(26-8-4-5-16(26)13-28)25-20(17)23-10-14-6-7-19(29-2)18(22)9-14/h3,6-7,9,11,15-16,27-28H,1,4-5,8,10,12-13H2,2H3,(H,23,24,25)/t15-,16?/m1/s1. The lowest BCUT2D eigenvalue weighted by molar-refractivity contribution is 0.265. The number of nitrogens with one attached hydrogen (secondary N) is 1. The Balaban J connectivity index is 1.87. The Morgan fingerprint density at radius 1 is 1.45 bits per heavy atom. The molecule has 156 valence electrons. The van der Waals surface area contributed by atoms with Gasteiger partial charge < -0.3 is 25.2 Å². The van der Waals surface area contributed by atoms with E-state index in [2.05, 4.69) is 16.9 Å². The first-order valence-electron chi connectivity index (χ1n) is 9.65. The fourth-order valence-corrected chi connectivity index (χ4v) is 3.81.